The van der Waals surface area contributed by atoms with Gasteiger partial charge in [0.2, 0.25) is 5.91 Å². The molecular weight excluding hydrogens is 278 g/mol. The molecule has 1 aliphatic rings. The molecule has 0 spiro atoms. The molecule has 1 aliphatic heterocycles. The first kappa shape index (κ1) is 14.8. The van der Waals surface area contributed by atoms with Gasteiger partial charge >= 0.3 is 0 Å². The molecule has 5 heteroatoms. The minimum atomic E-state index is -0.205. The van der Waals surface area contributed by atoms with E-state index in [1.54, 1.807) is 7.05 Å². The highest BCUT2D eigenvalue weighted by molar-refractivity contribution is 5.89. The predicted octanol–water partition coefficient (Wildman–Crippen LogP) is 1.19. The Labute approximate surface area is 130 Å². The van der Waals surface area contributed by atoms with Crippen molar-refractivity contribution in [2.45, 2.75) is 19.0 Å². The second-order valence-corrected chi connectivity index (χ2v) is 6.02. The van der Waals surface area contributed by atoms with Crippen LogP contribution in [-0.2, 0) is 29.6 Å². The molecule has 2 aromatic rings. The van der Waals surface area contributed by atoms with Crippen LogP contribution in [0.15, 0.2) is 24.3 Å². The molecule has 0 aliphatic carbocycles. The largest absolute Gasteiger partial charge is 0.346 e. The Hall–Kier alpha value is -2.14. The molecule has 0 saturated carbocycles. The lowest BCUT2D eigenvalue weighted by Gasteiger charge is -2.34. The number of aromatic nitrogens is 1. The number of carbonyl (C=O) groups is 2. The summed E-state index contributed by atoms with van der Waals surface area (Å²) in [5, 5.41) is 1.23. The Bertz CT molecular complexity index is 735. The predicted molar refractivity (Wildman–Crippen MR) is 85.6 cm³/mol. The van der Waals surface area contributed by atoms with Gasteiger partial charge in [-0.1, -0.05) is 18.2 Å². The number of benzene rings is 1. The van der Waals surface area contributed by atoms with Crippen molar-refractivity contribution in [2.24, 2.45) is 7.05 Å². The first-order valence-corrected chi connectivity index (χ1v) is 7.48. The van der Waals surface area contributed by atoms with Crippen LogP contribution in [0.3, 0.4) is 0 Å². The average molecular weight is 299 g/mol. The lowest BCUT2D eigenvalue weighted by atomic mass is 9.96. The van der Waals surface area contributed by atoms with Crippen molar-refractivity contribution >= 4 is 23.1 Å². The third-order valence-electron chi connectivity index (χ3n) is 4.68. The van der Waals surface area contributed by atoms with Gasteiger partial charge in [-0.15, -0.1) is 0 Å². The van der Waals surface area contributed by atoms with Gasteiger partial charge in [0, 0.05) is 37.2 Å². The number of aldehydes is 1. The maximum Gasteiger partial charge on any atom is 0.240 e. The van der Waals surface area contributed by atoms with Crippen molar-refractivity contribution in [3.63, 3.8) is 0 Å². The molecule has 1 aromatic carbocycles. The molecule has 5 nitrogen and oxygen atoms in total. The summed E-state index contributed by atoms with van der Waals surface area (Å²) in [5.74, 6) is 0.00758. The Morgan fingerprint density at radius 3 is 2.82 bits per heavy atom. The highest BCUT2D eigenvalue weighted by Crippen LogP contribution is 2.32. The van der Waals surface area contributed by atoms with Crippen molar-refractivity contribution in [3.8, 4) is 0 Å². The van der Waals surface area contributed by atoms with Crippen molar-refractivity contribution in [1.29, 1.82) is 0 Å². The molecule has 116 valence electrons. The van der Waals surface area contributed by atoms with E-state index in [4.69, 9.17) is 0 Å². The summed E-state index contributed by atoms with van der Waals surface area (Å²) in [6.45, 7) is 0.886. The fourth-order valence-electron chi connectivity index (χ4n) is 3.38. The van der Waals surface area contributed by atoms with Crippen molar-refractivity contribution in [1.82, 2.24) is 14.4 Å². The lowest BCUT2D eigenvalue weighted by Crippen LogP contribution is -2.49. The summed E-state index contributed by atoms with van der Waals surface area (Å²) < 4.78 is 2.22. The summed E-state index contributed by atoms with van der Waals surface area (Å²) in [6.07, 6.45) is 1.46. The molecule has 3 rings (SSSR count). The van der Waals surface area contributed by atoms with E-state index in [1.807, 2.05) is 19.2 Å². The maximum atomic E-state index is 12.6. The normalized spacial score (nSPS) is 18.2. The monoisotopic (exact) mass is 299 g/mol. The lowest BCUT2D eigenvalue weighted by molar-refractivity contribution is -0.137. The zero-order valence-corrected chi connectivity index (χ0v) is 13.2. The highest BCUT2D eigenvalue weighted by atomic mass is 16.2. The number of amides is 1. The zero-order valence-electron chi connectivity index (χ0n) is 13.2. The van der Waals surface area contributed by atoms with Crippen molar-refractivity contribution in [3.05, 3.63) is 35.5 Å². The highest BCUT2D eigenvalue weighted by Gasteiger charge is 2.33. The Kier molecular flexibility index (Phi) is 3.74. The van der Waals surface area contributed by atoms with Crippen LogP contribution >= 0.6 is 0 Å². The van der Waals surface area contributed by atoms with Gasteiger partial charge in [-0.2, -0.15) is 0 Å². The molecular formula is C17H21N3O2. The quantitative estimate of drug-likeness (QED) is 0.800. The number of likely N-dealkylation sites (N-methyl/N-ethyl adjacent to an activating group) is 2. The molecule has 2 heterocycles. The van der Waals surface area contributed by atoms with Crippen LogP contribution in [0.5, 0.6) is 0 Å². The number of hydrogen-bond donors (Lipinski definition) is 0. The third-order valence-corrected chi connectivity index (χ3v) is 4.68. The molecule has 1 aromatic heterocycles. The van der Waals surface area contributed by atoms with Gasteiger partial charge in [0.1, 0.15) is 6.29 Å². The van der Waals surface area contributed by atoms with Crippen molar-refractivity contribution < 1.29 is 9.59 Å². The fourth-order valence-corrected chi connectivity index (χ4v) is 3.38. The van der Waals surface area contributed by atoms with Crippen LogP contribution in [0, 0.1) is 0 Å². The average Bonchev–Trinajstić information content (AvgIpc) is 2.79. The Morgan fingerprint density at radius 1 is 1.36 bits per heavy atom. The van der Waals surface area contributed by atoms with E-state index in [0.717, 1.165) is 12.8 Å². The van der Waals surface area contributed by atoms with E-state index in [1.165, 1.54) is 27.1 Å². The third kappa shape index (κ3) is 2.22. The van der Waals surface area contributed by atoms with Gasteiger partial charge in [0.25, 0.3) is 0 Å². The van der Waals surface area contributed by atoms with Crippen LogP contribution in [0.4, 0.5) is 0 Å². The van der Waals surface area contributed by atoms with Gasteiger partial charge in [0.15, 0.2) is 0 Å². The van der Waals surface area contributed by atoms with Crippen LogP contribution in [0.1, 0.15) is 11.3 Å². The first-order chi connectivity index (χ1) is 10.5. The number of carbonyl (C=O) groups excluding carboxylic acids is 2. The van der Waals surface area contributed by atoms with Crippen LogP contribution in [0.2, 0.25) is 0 Å². The number of para-hydroxylation sites is 1. The minimum absolute atomic E-state index is 0.00758. The summed E-state index contributed by atoms with van der Waals surface area (Å²) in [7, 11) is 5.73. The molecule has 22 heavy (non-hydrogen) atoms. The van der Waals surface area contributed by atoms with E-state index >= 15 is 0 Å². The SMILES string of the molecule is CN(CC=O)C(=O)C1Cc2c(n(C)c3ccccc23)CN1C. The number of fused-ring (bicyclic) bond motifs is 3. The molecule has 0 fully saturated rings. The number of rotatable bonds is 3. The van der Waals surface area contributed by atoms with Gasteiger partial charge in [-0.25, -0.2) is 0 Å². The Balaban J connectivity index is 1.99. The summed E-state index contributed by atoms with van der Waals surface area (Å²) >= 11 is 0. The van der Waals surface area contributed by atoms with E-state index in [9.17, 15) is 9.59 Å². The van der Waals surface area contributed by atoms with Crippen LogP contribution in [0.25, 0.3) is 10.9 Å². The van der Waals surface area contributed by atoms with Crippen molar-refractivity contribution in [2.75, 3.05) is 20.6 Å². The summed E-state index contributed by atoms with van der Waals surface area (Å²) in [6, 6.07) is 8.11. The standard InChI is InChI=1S/C17H21N3O2/c1-18(8-9-21)17(22)15-10-13-12-6-4-5-7-14(12)20(3)16(13)11-19(15)2/h4-7,9,15H,8,10-11H2,1-3H3. The summed E-state index contributed by atoms with van der Waals surface area (Å²) in [4.78, 5) is 26.8. The molecule has 0 saturated heterocycles. The maximum absolute atomic E-state index is 12.6. The molecule has 1 unspecified atom stereocenters. The number of hydrogen-bond acceptors (Lipinski definition) is 3. The van der Waals surface area contributed by atoms with E-state index < -0.39 is 0 Å². The van der Waals surface area contributed by atoms with Gasteiger partial charge in [-0.3, -0.25) is 9.69 Å². The molecule has 1 amide bonds. The fraction of sp³-hybridized carbons (Fsp3) is 0.412. The van der Waals surface area contributed by atoms with Crippen LogP contribution < -0.4 is 0 Å². The Morgan fingerprint density at radius 2 is 2.09 bits per heavy atom. The first-order valence-electron chi connectivity index (χ1n) is 7.48. The smallest absolute Gasteiger partial charge is 0.240 e. The minimum Gasteiger partial charge on any atom is -0.346 e. The van der Waals surface area contributed by atoms with E-state index in [-0.39, 0.29) is 18.5 Å². The zero-order chi connectivity index (χ0) is 15.9. The van der Waals surface area contributed by atoms with E-state index in [0.29, 0.717) is 6.42 Å². The van der Waals surface area contributed by atoms with Gasteiger partial charge < -0.3 is 14.3 Å². The molecule has 0 N–H and O–H groups in total. The second-order valence-electron chi connectivity index (χ2n) is 6.02. The van der Waals surface area contributed by atoms with Gasteiger partial charge in [-0.05, 0) is 25.1 Å². The second kappa shape index (κ2) is 5.57. The molecule has 0 bridgehead atoms. The van der Waals surface area contributed by atoms with Crippen LogP contribution in [-0.4, -0.2) is 53.2 Å². The number of nitrogens with zero attached hydrogens (tertiary/aromatic N) is 3. The van der Waals surface area contributed by atoms with Gasteiger partial charge in [0.05, 0.1) is 12.6 Å². The number of aryl methyl sites for hydroxylation is 1. The molecule has 1 atom stereocenters. The van der Waals surface area contributed by atoms with E-state index in [2.05, 4.69) is 28.6 Å². The topological polar surface area (TPSA) is 45.6 Å². The summed E-state index contributed by atoms with van der Waals surface area (Å²) in [5.41, 5.74) is 3.73. The molecule has 0 radical (unpaired) electrons.